The molecule has 3 aromatic rings. The number of aryl methyl sites for hydroxylation is 1. The van der Waals surface area contributed by atoms with Gasteiger partial charge in [0.15, 0.2) is 5.82 Å². The minimum Gasteiger partial charge on any atom is -0.507 e. The van der Waals surface area contributed by atoms with E-state index in [4.69, 9.17) is 0 Å². The third kappa shape index (κ3) is 3.34. The maximum Gasteiger partial charge on any atom is 0.255 e. The second kappa shape index (κ2) is 6.27. The van der Waals surface area contributed by atoms with Crippen LogP contribution in [-0.4, -0.2) is 31.2 Å². The molecule has 0 fully saturated rings. The molecule has 0 atom stereocenters. The summed E-state index contributed by atoms with van der Waals surface area (Å²) in [5.41, 5.74) is 1.97. The van der Waals surface area contributed by atoms with Crippen LogP contribution in [-0.2, 0) is 6.54 Å². The van der Waals surface area contributed by atoms with Crippen LogP contribution in [0.25, 0.3) is 11.4 Å². The summed E-state index contributed by atoms with van der Waals surface area (Å²) in [7, 11) is 0. The van der Waals surface area contributed by atoms with E-state index in [9.17, 15) is 9.90 Å². The molecule has 1 amide bonds. The number of aromatic hydroxyl groups is 1. The molecule has 0 aliphatic carbocycles. The minimum atomic E-state index is -0.368. The monoisotopic (exact) mass is 309 g/mol. The Morgan fingerprint density at radius 2 is 2.04 bits per heavy atom. The predicted octanol–water partition coefficient (Wildman–Crippen LogP) is 1.81. The molecule has 3 N–H and O–H groups in total. The number of aromatic nitrogens is 4. The van der Waals surface area contributed by atoms with Crippen molar-refractivity contribution in [2.75, 3.05) is 0 Å². The number of nitrogens with zero attached hydrogens (tertiary/aromatic N) is 3. The Morgan fingerprint density at radius 1 is 1.26 bits per heavy atom. The number of benzene rings is 1. The summed E-state index contributed by atoms with van der Waals surface area (Å²) in [4.78, 5) is 20.4. The summed E-state index contributed by atoms with van der Waals surface area (Å²) < 4.78 is 0. The molecule has 7 nitrogen and oxygen atoms in total. The summed E-state index contributed by atoms with van der Waals surface area (Å²) in [6.07, 6.45) is 3.32. The molecule has 0 aliphatic heterocycles. The van der Waals surface area contributed by atoms with Gasteiger partial charge in [0.2, 0.25) is 0 Å². The third-order valence-corrected chi connectivity index (χ3v) is 3.28. The van der Waals surface area contributed by atoms with Crippen LogP contribution in [0.5, 0.6) is 5.75 Å². The maximum atomic E-state index is 12.1. The number of hydrogen-bond acceptors (Lipinski definition) is 5. The summed E-state index contributed by atoms with van der Waals surface area (Å²) in [5, 5.41) is 19.3. The SMILES string of the molecule is Cc1ccc(O)c(C(=O)NCc2nc(-c3ccncc3)n[nH]2)c1. The second-order valence-electron chi connectivity index (χ2n) is 5.04. The molecule has 0 radical (unpaired) electrons. The van der Waals surface area contributed by atoms with Gasteiger partial charge < -0.3 is 10.4 Å². The molecule has 0 aliphatic rings. The van der Waals surface area contributed by atoms with Gasteiger partial charge in [-0.25, -0.2) is 4.98 Å². The largest absolute Gasteiger partial charge is 0.507 e. The topological polar surface area (TPSA) is 104 Å². The maximum absolute atomic E-state index is 12.1. The van der Waals surface area contributed by atoms with E-state index in [2.05, 4.69) is 25.5 Å². The number of hydrogen-bond donors (Lipinski definition) is 3. The molecule has 0 saturated heterocycles. The van der Waals surface area contributed by atoms with Crippen LogP contribution in [0, 0.1) is 6.92 Å². The van der Waals surface area contributed by atoms with Crippen molar-refractivity contribution in [1.29, 1.82) is 0 Å². The molecule has 0 spiro atoms. The van der Waals surface area contributed by atoms with Gasteiger partial charge in [0.25, 0.3) is 5.91 Å². The molecule has 0 saturated carbocycles. The first-order chi connectivity index (χ1) is 11.1. The number of amides is 1. The Balaban J connectivity index is 1.68. The smallest absolute Gasteiger partial charge is 0.255 e. The molecular formula is C16H15N5O2. The summed E-state index contributed by atoms with van der Waals surface area (Å²) >= 11 is 0. The van der Waals surface area contributed by atoms with Gasteiger partial charge in [0.1, 0.15) is 11.6 Å². The van der Waals surface area contributed by atoms with E-state index < -0.39 is 0 Å². The van der Waals surface area contributed by atoms with Crippen molar-refractivity contribution in [3.63, 3.8) is 0 Å². The van der Waals surface area contributed by atoms with Crippen molar-refractivity contribution in [2.24, 2.45) is 0 Å². The fourth-order valence-corrected chi connectivity index (χ4v) is 2.10. The van der Waals surface area contributed by atoms with E-state index in [1.165, 1.54) is 6.07 Å². The third-order valence-electron chi connectivity index (χ3n) is 3.28. The van der Waals surface area contributed by atoms with E-state index >= 15 is 0 Å². The Hall–Kier alpha value is -3.22. The Kier molecular flexibility index (Phi) is 4.01. The van der Waals surface area contributed by atoms with Gasteiger partial charge in [0, 0.05) is 18.0 Å². The van der Waals surface area contributed by atoms with Crippen molar-refractivity contribution in [2.45, 2.75) is 13.5 Å². The number of phenols is 1. The minimum absolute atomic E-state index is 0.0526. The zero-order valence-electron chi connectivity index (χ0n) is 12.4. The number of phenolic OH excluding ortho intramolecular Hbond substituents is 1. The number of H-pyrrole nitrogens is 1. The lowest BCUT2D eigenvalue weighted by Crippen LogP contribution is -2.23. The lowest BCUT2D eigenvalue weighted by Gasteiger charge is -2.06. The van der Waals surface area contributed by atoms with Gasteiger partial charge in [0.05, 0.1) is 12.1 Å². The predicted molar refractivity (Wildman–Crippen MR) is 83.6 cm³/mol. The standard InChI is InChI=1S/C16H15N5O2/c1-10-2-3-13(22)12(8-10)16(23)18-9-14-19-15(21-20-14)11-4-6-17-7-5-11/h2-8,22H,9H2,1H3,(H,18,23)(H,19,20,21). The quantitative estimate of drug-likeness (QED) is 0.682. The van der Waals surface area contributed by atoms with Crippen molar-refractivity contribution < 1.29 is 9.90 Å². The normalized spacial score (nSPS) is 10.5. The van der Waals surface area contributed by atoms with Crippen molar-refractivity contribution in [3.05, 3.63) is 59.7 Å². The number of aromatic amines is 1. The fraction of sp³-hybridized carbons (Fsp3) is 0.125. The molecule has 1 aromatic carbocycles. The molecule has 2 heterocycles. The first-order valence-corrected chi connectivity index (χ1v) is 7.03. The van der Waals surface area contributed by atoms with E-state index in [0.717, 1.165) is 11.1 Å². The molecule has 0 bridgehead atoms. The number of pyridine rings is 1. The van der Waals surface area contributed by atoms with Gasteiger partial charge in [-0.1, -0.05) is 11.6 Å². The van der Waals surface area contributed by atoms with Crippen molar-refractivity contribution >= 4 is 5.91 Å². The van der Waals surface area contributed by atoms with Crippen LogP contribution in [0.15, 0.2) is 42.7 Å². The van der Waals surface area contributed by atoms with Gasteiger partial charge in [-0.2, -0.15) is 5.10 Å². The highest BCUT2D eigenvalue weighted by Gasteiger charge is 2.12. The highest BCUT2D eigenvalue weighted by atomic mass is 16.3. The summed E-state index contributed by atoms with van der Waals surface area (Å²) in [5.74, 6) is 0.642. The summed E-state index contributed by atoms with van der Waals surface area (Å²) in [6, 6.07) is 8.48. The molecule has 116 valence electrons. The zero-order chi connectivity index (χ0) is 16.2. The lowest BCUT2D eigenvalue weighted by atomic mass is 10.1. The van der Waals surface area contributed by atoms with E-state index in [-0.39, 0.29) is 23.8 Å². The van der Waals surface area contributed by atoms with Crippen LogP contribution in [0.2, 0.25) is 0 Å². The van der Waals surface area contributed by atoms with Crippen LogP contribution in [0.4, 0.5) is 0 Å². The molecule has 23 heavy (non-hydrogen) atoms. The number of nitrogens with one attached hydrogen (secondary N) is 2. The number of rotatable bonds is 4. The number of carbonyl (C=O) groups excluding carboxylic acids is 1. The first kappa shape index (κ1) is 14.7. The highest BCUT2D eigenvalue weighted by molar-refractivity contribution is 5.96. The Bertz CT molecular complexity index is 829. The summed E-state index contributed by atoms with van der Waals surface area (Å²) in [6.45, 7) is 2.04. The van der Waals surface area contributed by atoms with E-state index in [1.54, 1.807) is 36.7 Å². The molecular weight excluding hydrogens is 294 g/mol. The van der Waals surface area contributed by atoms with Crippen LogP contribution in [0.3, 0.4) is 0 Å². The molecule has 0 unspecified atom stereocenters. The molecule has 2 aromatic heterocycles. The zero-order valence-corrected chi connectivity index (χ0v) is 12.4. The molecule has 3 rings (SSSR count). The average molecular weight is 309 g/mol. The van der Waals surface area contributed by atoms with Crippen LogP contribution < -0.4 is 5.32 Å². The average Bonchev–Trinajstić information content (AvgIpc) is 3.05. The molecule has 7 heteroatoms. The van der Waals surface area contributed by atoms with Crippen molar-refractivity contribution in [1.82, 2.24) is 25.5 Å². The van der Waals surface area contributed by atoms with Gasteiger partial charge >= 0.3 is 0 Å². The van der Waals surface area contributed by atoms with Crippen molar-refractivity contribution in [3.8, 4) is 17.1 Å². The number of carbonyl (C=O) groups is 1. The van der Waals surface area contributed by atoms with E-state index in [0.29, 0.717) is 11.6 Å². The lowest BCUT2D eigenvalue weighted by molar-refractivity contribution is 0.0947. The highest BCUT2D eigenvalue weighted by Crippen LogP contribution is 2.18. The Labute approximate surface area is 132 Å². The van der Waals surface area contributed by atoms with Crippen LogP contribution in [0.1, 0.15) is 21.7 Å². The Morgan fingerprint density at radius 3 is 2.83 bits per heavy atom. The van der Waals surface area contributed by atoms with Crippen LogP contribution >= 0.6 is 0 Å². The van der Waals surface area contributed by atoms with Gasteiger partial charge in [-0.15, -0.1) is 0 Å². The van der Waals surface area contributed by atoms with Gasteiger partial charge in [-0.05, 0) is 31.2 Å². The van der Waals surface area contributed by atoms with E-state index in [1.807, 2.05) is 6.92 Å². The fourth-order valence-electron chi connectivity index (χ4n) is 2.10. The van der Waals surface area contributed by atoms with Gasteiger partial charge in [-0.3, -0.25) is 14.9 Å². The first-order valence-electron chi connectivity index (χ1n) is 7.03. The second-order valence-corrected chi connectivity index (χ2v) is 5.04.